The standard InChI is InChI=1S/C73H66.C10H14O2.C2H6/c1-3-5-7-27-49-73(50-28-8-6-4-2)67-51-59(71-63(55-33-19-11-20-34-55)47-45-61(53-29-15-9-16-30-53)69(71)57-37-23-13-24-38-57)41-43-65(67)66-44-42-60(52-68(66)73)72-64(56-35-21-12-22-36-56)48-46-62(54-31-17-10-18-32-54)70(72)58-39-25-14-26-40-58;1-7-5-10(12-4)8(2)6-9(7)11-3;1-2/h9-26,29-48,51-52H,3-8,27-28,49-50H2,1-2H3;5-6H,1-4H3;1-2H3. The Morgan fingerprint density at radius 1 is 0.276 bits per heavy atom. The molecule has 0 spiro atoms. The highest BCUT2D eigenvalue weighted by Crippen LogP contribution is 2.58. The molecule has 0 heterocycles. The van der Waals surface area contributed by atoms with Crippen LogP contribution < -0.4 is 9.47 Å². The fraction of sp³-hybridized carbons (Fsp3) is 0.224. The second kappa shape index (κ2) is 29.4. The van der Waals surface area contributed by atoms with Crippen LogP contribution in [0.1, 0.15) is 114 Å². The molecular formula is C85H86O2. The Labute approximate surface area is 520 Å². The summed E-state index contributed by atoms with van der Waals surface area (Å²) in [5.74, 6) is 1.82. The van der Waals surface area contributed by atoms with Crippen molar-refractivity contribution in [2.24, 2.45) is 0 Å². The van der Waals surface area contributed by atoms with Crippen molar-refractivity contribution < 1.29 is 9.47 Å². The first kappa shape index (κ1) is 61.1. The number of unbranched alkanes of at least 4 members (excludes halogenated alkanes) is 6. The summed E-state index contributed by atoms with van der Waals surface area (Å²) in [7, 11) is 3.35. The van der Waals surface area contributed by atoms with Gasteiger partial charge in [0.1, 0.15) is 11.5 Å². The number of rotatable bonds is 20. The molecule has 0 radical (unpaired) electrons. The molecule has 0 aliphatic heterocycles. The molecule has 11 aromatic rings. The maximum atomic E-state index is 5.17. The first-order chi connectivity index (χ1) is 42.8. The summed E-state index contributed by atoms with van der Waals surface area (Å²) in [6, 6.07) is 95.1. The first-order valence-electron chi connectivity index (χ1n) is 32.0. The third-order valence-corrected chi connectivity index (χ3v) is 17.6. The average molecular weight is 1140 g/mol. The number of hydrogen-bond donors (Lipinski definition) is 0. The summed E-state index contributed by atoms with van der Waals surface area (Å²) in [5, 5.41) is 0. The Morgan fingerprint density at radius 2 is 0.540 bits per heavy atom. The molecule has 1 aliphatic carbocycles. The van der Waals surface area contributed by atoms with Crippen molar-refractivity contribution in [1.82, 2.24) is 0 Å². The van der Waals surface area contributed by atoms with Gasteiger partial charge in [-0.25, -0.2) is 0 Å². The van der Waals surface area contributed by atoms with Gasteiger partial charge >= 0.3 is 0 Å². The van der Waals surface area contributed by atoms with Crippen LogP contribution in [0.2, 0.25) is 0 Å². The van der Waals surface area contributed by atoms with E-state index in [-0.39, 0.29) is 5.41 Å². The molecule has 0 unspecified atom stereocenters. The maximum absolute atomic E-state index is 5.17. The number of fused-ring (bicyclic) bond motifs is 3. The number of hydrogen-bond acceptors (Lipinski definition) is 2. The number of aryl methyl sites for hydroxylation is 2. The number of ether oxygens (including phenoxy) is 2. The van der Waals surface area contributed by atoms with Gasteiger partial charge in [-0.1, -0.05) is 310 Å². The van der Waals surface area contributed by atoms with Crippen LogP contribution in [0.4, 0.5) is 0 Å². The minimum absolute atomic E-state index is 0.175. The third kappa shape index (κ3) is 13.2. The van der Waals surface area contributed by atoms with E-state index < -0.39 is 0 Å². The van der Waals surface area contributed by atoms with Crippen LogP contribution in [0.25, 0.3) is 100 Å². The lowest BCUT2D eigenvalue weighted by Gasteiger charge is -2.34. The monoisotopic (exact) mass is 1140 g/mol. The molecule has 0 bridgehead atoms. The van der Waals surface area contributed by atoms with E-state index in [1.54, 1.807) is 14.2 Å². The van der Waals surface area contributed by atoms with Crippen molar-refractivity contribution in [1.29, 1.82) is 0 Å². The molecule has 12 rings (SSSR count). The Hall–Kier alpha value is -8.98. The highest BCUT2D eigenvalue weighted by Gasteiger charge is 2.43. The summed E-state index contributed by atoms with van der Waals surface area (Å²) in [5.41, 5.74) is 27.9. The van der Waals surface area contributed by atoms with Crippen LogP contribution in [0, 0.1) is 13.8 Å². The fourth-order valence-electron chi connectivity index (χ4n) is 13.4. The molecule has 0 atom stereocenters. The summed E-state index contributed by atoms with van der Waals surface area (Å²) < 4.78 is 10.3. The molecule has 0 N–H and O–H groups in total. The molecule has 0 saturated heterocycles. The van der Waals surface area contributed by atoms with Gasteiger partial charge < -0.3 is 9.47 Å². The zero-order valence-electron chi connectivity index (χ0n) is 52.6. The van der Waals surface area contributed by atoms with Crippen LogP contribution in [0.15, 0.2) is 255 Å². The van der Waals surface area contributed by atoms with E-state index in [2.05, 4.69) is 257 Å². The number of benzene rings is 11. The molecule has 438 valence electrons. The quantitative estimate of drug-likeness (QED) is 0.0708. The summed E-state index contributed by atoms with van der Waals surface area (Å²) in [6.07, 6.45) is 12.0. The van der Waals surface area contributed by atoms with E-state index in [0.717, 1.165) is 35.5 Å². The second-order valence-corrected chi connectivity index (χ2v) is 23.0. The zero-order chi connectivity index (χ0) is 60.5. The van der Waals surface area contributed by atoms with E-state index in [4.69, 9.17) is 9.47 Å². The van der Waals surface area contributed by atoms with Crippen LogP contribution in [0.5, 0.6) is 11.5 Å². The van der Waals surface area contributed by atoms with Crippen molar-refractivity contribution in [2.75, 3.05) is 14.2 Å². The van der Waals surface area contributed by atoms with E-state index >= 15 is 0 Å². The van der Waals surface area contributed by atoms with Gasteiger partial charge in [-0.05, 0) is 173 Å². The van der Waals surface area contributed by atoms with Crippen LogP contribution in [-0.2, 0) is 5.41 Å². The van der Waals surface area contributed by atoms with Gasteiger partial charge in [0, 0.05) is 5.41 Å². The second-order valence-electron chi connectivity index (χ2n) is 23.0. The van der Waals surface area contributed by atoms with Crippen molar-refractivity contribution in [3.05, 3.63) is 277 Å². The van der Waals surface area contributed by atoms with Crippen molar-refractivity contribution in [3.8, 4) is 112 Å². The Balaban J connectivity index is 0.000000532. The molecule has 1 aliphatic rings. The molecule has 0 saturated carbocycles. The van der Waals surface area contributed by atoms with Crippen LogP contribution in [-0.4, -0.2) is 14.2 Å². The Bertz CT molecular complexity index is 3720. The summed E-state index contributed by atoms with van der Waals surface area (Å²) in [6.45, 7) is 12.7. The van der Waals surface area contributed by atoms with Crippen LogP contribution >= 0.6 is 0 Å². The number of methoxy groups -OCH3 is 2. The van der Waals surface area contributed by atoms with Crippen molar-refractivity contribution in [3.63, 3.8) is 0 Å². The van der Waals surface area contributed by atoms with E-state index in [9.17, 15) is 0 Å². The lowest BCUT2D eigenvalue weighted by molar-refractivity contribution is 0.398. The molecule has 0 aromatic heterocycles. The van der Waals surface area contributed by atoms with E-state index in [0.29, 0.717) is 0 Å². The predicted octanol–water partition coefficient (Wildman–Crippen LogP) is 24.6. The van der Waals surface area contributed by atoms with Gasteiger partial charge in [0.25, 0.3) is 0 Å². The molecule has 87 heavy (non-hydrogen) atoms. The zero-order valence-corrected chi connectivity index (χ0v) is 52.6. The molecule has 2 heteroatoms. The maximum Gasteiger partial charge on any atom is 0.122 e. The predicted molar refractivity (Wildman–Crippen MR) is 374 cm³/mol. The van der Waals surface area contributed by atoms with Gasteiger partial charge in [0.15, 0.2) is 0 Å². The topological polar surface area (TPSA) is 18.5 Å². The Morgan fingerprint density at radius 3 is 0.816 bits per heavy atom. The van der Waals surface area contributed by atoms with Crippen LogP contribution in [0.3, 0.4) is 0 Å². The largest absolute Gasteiger partial charge is 0.496 e. The van der Waals surface area contributed by atoms with Gasteiger partial charge in [0.05, 0.1) is 14.2 Å². The SMILES string of the molecule is CC.CCCCCCC1(CCCCCC)c2cc(-c3c(-c4ccccc4)ccc(-c4ccccc4)c3-c3ccccc3)ccc2-c2ccc(-c3c(-c4ccccc4)ccc(-c4ccccc4)c3-c3ccccc3)cc21.COc1cc(C)c(OC)cc1C. The average Bonchev–Trinajstić information content (AvgIpc) is 1.66. The van der Waals surface area contributed by atoms with Gasteiger partial charge in [0.2, 0.25) is 0 Å². The van der Waals surface area contributed by atoms with E-state index in [1.165, 1.54) is 163 Å². The van der Waals surface area contributed by atoms with Gasteiger partial charge in [-0.2, -0.15) is 0 Å². The minimum atomic E-state index is -0.175. The van der Waals surface area contributed by atoms with Gasteiger partial charge in [-0.15, -0.1) is 0 Å². The van der Waals surface area contributed by atoms with Crippen molar-refractivity contribution >= 4 is 0 Å². The normalized spacial score (nSPS) is 11.8. The third-order valence-electron chi connectivity index (χ3n) is 17.6. The van der Waals surface area contributed by atoms with Gasteiger partial charge in [-0.3, -0.25) is 0 Å². The summed E-state index contributed by atoms with van der Waals surface area (Å²) >= 11 is 0. The molecule has 11 aromatic carbocycles. The van der Waals surface area contributed by atoms with Crippen molar-refractivity contribution in [2.45, 2.75) is 111 Å². The fourth-order valence-corrected chi connectivity index (χ4v) is 13.4. The smallest absolute Gasteiger partial charge is 0.122 e. The first-order valence-corrected chi connectivity index (χ1v) is 32.0. The minimum Gasteiger partial charge on any atom is -0.496 e. The highest BCUT2D eigenvalue weighted by molar-refractivity contribution is 6.04. The molecule has 0 amide bonds. The lowest BCUT2D eigenvalue weighted by atomic mass is 9.69. The molecule has 0 fully saturated rings. The molecular weight excluding hydrogens is 1050 g/mol. The Kier molecular flexibility index (Phi) is 20.7. The molecule has 2 nitrogen and oxygen atoms in total. The highest BCUT2D eigenvalue weighted by atomic mass is 16.5. The lowest BCUT2D eigenvalue weighted by Crippen LogP contribution is -2.25. The van der Waals surface area contributed by atoms with E-state index in [1.807, 2.05) is 39.8 Å². The summed E-state index contributed by atoms with van der Waals surface area (Å²) in [4.78, 5) is 0.